The zero-order chi connectivity index (χ0) is 18.8. The fraction of sp³-hybridized carbons (Fsp3) is 0.235. The highest BCUT2D eigenvalue weighted by molar-refractivity contribution is 7.90. The number of aryl methyl sites for hydroxylation is 1. The second kappa shape index (κ2) is 7.64. The van der Waals surface area contributed by atoms with Gasteiger partial charge in [-0.1, -0.05) is 23.2 Å². The van der Waals surface area contributed by atoms with Crippen LogP contribution in [0.15, 0.2) is 41.3 Å². The monoisotopic (exact) mass is 401 g/mol. The summed E-state index contributed by atoms with van der Waals surface area (Å²) in [4.78, 5) is 12.4. The van der Waals surface area contributed by atoms with E-state index < -0.39 is 21.8 Å². The van der Waals surface area contributed by atoms with Crippen LogP contribution in [0.5, 0.6) is 5.75 Å². The Hall–Kier alpha value is -1.76. The van der Waals surface area contributed by atoms with Gasteiger partial charge in [0.1, 0.15) is 5.75 Å². The number of rotatable bonds is 5. The van der Waals surface area contributed by atoms with E-state index in [-0.39, 0.29) is 15.6 Å². The Morgan fingerprint density at radius 3 is 2.44 bits per heavy atom. The van der Waals surface area contributed by atoms with Crippen LogP contribution in [0.4, 0.5) is 5.69 Å². The summed E-state index contributed by atoms with van der Waals surface area (Å²) in [6.45, 7) is 3.40. The highest BCUT2D eigenvalue weighted by Crippen LogP contribution is 2.26. The Morgan fingerprint density at radius 2 is 1.84 bits per heavy atom. The topological polar surface area (TPSA) is 72.5 Å². The van der Waals surface area contributed by atoms with Gasteiger partial charge in [-0.25, -0.2) is 8.42 Å². The summed E-state index contributed by atoms with van der Waals surface area (Å²) in [5, 5.41) is 3.39. The van der Waals surface area contributed by atoms with Crippen LogP contribution in [0.1, 0.15) is 12.5 Å². The molecule has 0 aromatic heterocycles. The van der Waals surface area contributed by atoms with Crippen LogP contribution < -0.4 is 10.1 Å². The van der Waals surface area contributed by atoms with E-state index in [0.29, 0.717) is 10.8 Å². The third kappa shape index (κ3) is 5.11. The first kappa shape index (κ1) is 19.6. The minimum atomic E-state index is -3.41. The SMILES string of the molecule is Cc1cc(Cl)ccc1O[C@@H](C)C(=O)Nc1cc(S(C)(=O)=O)ccc1Cl. The number of benzene rings is 2. The Balaban J connectivity index is 2.16. The molecule has 0 aliphatic carbocycles. The van der Waals surface area contributed by atoms with E-state index in [2.05, 4.69) is 5.32 Å². The Bertz CT molecular complexity index is 913. The Labute approximate surface area is 156 Å². The maximum absolute atomic E-state index is 12.3. The van der Waals surface area contributed by atoms with Crippen molar-refractivity contribution in [3.63, 3.8) is 0 Å². The molecule has 1 amide bonds. The molecule has 0 heterocycles. The molecule has 2 aromatic rings. The number of carbonyl (C=O) groups excluding carboxylic acids is 1. The normalized spacial score (nSPS) is 12.5. The number of halogens is 2. The van der Waals surface area contributed by atoms with Gasteiger partial charge >= 0.3 is 0 Å². The zero-order valence-corrected chi connectivity index (χ0v) is 16.2. The minimum absolute atomic E-state index is 0.0642. The third-order valence-electron chi connectivity index (χ3n) is 3.43. The molecule has 2 aromatic carbocycles. The molecule has 0 saturated heterocycles. The van der Waals surface area contributed by atoms with E-state index in [1.807, 2.05) is 6.92 Å². The predicted octanol–water partition coefficient (Wildman–Crippen LogP) is 4.11. The molecule has 0 saturated carbocycles. The molecule has 0 unspecified atom stereocenters. The van der Waals surface area contributed by atoms with Gasteiger partial charge < -0.3 is 10.1 Å². The van der Waals surface area contributed by atoms with Gasteiger partial charge in [-0.2, -0.15) is 0 Å². The molecular weight excluding hydrogens is 385 g/mol. The number of sulfone groups is 1. The van der Waals surface area contributed by atoms with Crippen molar-refractivity contribution in [2.45, 2.75) is 24.8 Å². The lowest BCUT2D eigenvalue weighted by Gasteiger charge is -2.17. The molecule has 0 aliphatic rings. The maximum atomic E-state index is 12.3. The summed E-state index contributed by atoms with van der Waals surface area (Å²) in [6.07, 6.45) is 0.259. The van der Waals surface area contributed by atoms with Crippen LogP contribution in [0.3, 0.4) is 0 Å². The lowest BCUT2D eigenvalue weighted by atomic mass is 10.2. The fourth-order valence-corrected chi connectivity index (χ4v) is 3.09. The minimum Gasteiger partial charge on any atom is -0.481 e. The molecule has 8 heteroatoms. The molecule has 0 aliphatic heterocycles. The van der Waals surface area contributed by atoms with Crippen LogP contribution in [0.25, 0.3) is 0 Å². The van der Waals surface area contributed by atoms with E-state index in [9.17, 15) is 13.2 Å². The smallest absolute Gasteiger partial charge is 0.265 e. The highest BCUT2D eigenvalue weighted by atomic mass is 35.5. The molecule has 5 nitrogen and oxygen atoms in total. The average Bonchev–Trinajstić information content (AvgIpc) is 2.50. The summed E-state index contributed by atoms with van der Waals surface area (Å²) >= 11 is 11.9. The van der Waals surface area contributed by atoms with Gasteiger partial charge in [0, 0.05) is 11.3 Å². The predicted molar refractivity (Wildman–Crippen MR) is 99.5 cm³/mol. The first-order valence-corrected chi connectivity index (χ1v) is 9.96. The lowest BCUT2D eigenvalue weighted by molar-refractivity contribution is -0.122. The number of ether oxygens (including phenoxy) is 1. The second-order valence-corrected chi connectivity index (χ2v) is 8.43. The fourth-order valence-electron chi connectivity index (χ4n) is 2.05. The molecular formula is C17H17Cl2NO4S. The van der Waals surface area contributed by atoms with Crippen LogP contribution in [0, 0.1) is 6.92 Å². The highest BCUT2D eigenvalue weighted by Gasteiger charge is 2.18. The van der Waals surface area contributed by atoms with Crippen molar-refractivity contribution in [2.24, 2.45) is 0 Å². The van der Waals surface area contributed by atoms with Gasteiger partial charge in [-0.05, 0) is 55.8 Å². The molecule has 0 fully saturated rings. The number of amides is 1. The van der Waals surface area contributed by atoms with Gasteiger partial charge in [0.05, 0.1) is 15.6 Å². The summed E-state index contributed by atoms with van der Waals surface area (Å²) < 4.78 is 28.9. The summed E-state index contributed by atoms with van der Waals surface area (Å²) in [6, 6.07) is 9.19. The number of nitrogens with one attached hydrogen (secondary N) is 1. The maximum Gasteiger partial charge on any atom is 0.265 e. The van der Waals surface area contributed by atoms with Crippen molar-refractivity contribution in [1.29, 1.82) is 0 Å². The van der Waals surface area contributed by atoms with Gasteiger partial charge in [-0.15, -0.1) is 0 Å². The Morgan fingerprint density at radius 1 is 1.16 bits per heavy atom. The number of carbonyl (C=O) groups is 1. The first-order valence-electron chi connectivity index (χ1n) is 7.31. The standard InChI is InChI=1S/C17H17Cl2NO4S/c1-10-8-12(18)4-7-16(10)24-11(2)17(21)20-15-9-13(25(3,22)23)5-6-14(15)19/h4-9,11H,1-3H3,(H,20,21)/t11-/m0/s1. The number of hydrogen-bond acceptors (Lipinski definition) is 4. The van der Waals surface area contributed by atoms with Gasteiger partial charge in [-0.3, -0.25) is 4.79 Å². The van der Waals surface area contributed by atoms with Gasteiger partial charge in [0.25, 0.3) is 5.91 Å². The Kier molecular flexibility index (Phi) is 5.98. The molecule has 134 valence electrons. The van der Waals surface area contributed by atoms with Crippen molar-refractivity contribution in [3.8, 4) is 5.75 Å². The molecule has 1 atom stereocenters. The average molecular weight is 402 g/mol. The van der Waals surface area contributed by atoms with Crippen molar-refractivity contribution >= 4 is 44.6 Å². The number of hydrogen-bond donors (Lipinski definition) is 1. The first-order chi connectivity index (χ1) is 11.6. The summed E-state index contributed by atoms with van der Waals surface area (Å²) in [5.74, 6) is 0.0740. The number of anilines is 1. The lowest BCUT2D eigenvalue weighted by Crippen LogP contribution is -2.30. The summed E-state index contributed by atoms with van der Waals surface area (Å²) in [7, 11) is -3.41. The van der Waals surface area contributed by atoms with E-state index in [1.165, 1.54) is 18.2 Å². The van der Waals surface area contributed by atoms with Gasteiger partial charge in [0.15, 0.2) is 15.9 Å². The van der Waals surface area contributed by atoms with E-state index in [1.54, 1.807) is 25.1 Å². The molecule has 0 bridgehead atoms. The quantitative estimate of drug-likeness (QED) is 0.817. The largest absolute Gasteiger partial charge is 0.481 e. The van der Waals surface area contributed by atoms with Crippen molar-refractivity contribution in [2.75, 3.05) is 11.6 Å². The molecule has 0 spiro atoms. The van der Waals surface area contributed by atoms with Crippen molar-refractivity contribution < 1.29 is 17.9 Å². The molecule has 0 radical (unpaired) electrons. The zero-order valence-electron chi connectivity index (χ0n) is 13.8. The molecule has 1 N–H and O–H groups in total. The van der Waals surface area contributed by atoms with E-state index in [0.717, 1.165) is 11.8 Å². The second-order valence-electron chi connectivity index (χ2n) is 5.57. The van der Waals surface area contributed by atoms with Gasteiger partial charge in [0.2, 0.25) is 0 Å². The third-order valence-corrected chi connectivity index (χ3v) is 5.11. The summed E-state index contributed by atoms with van der Waals surface area (Å²) in [5.41, 5.74) is 1.00. The van der Waals surface area contributed by atoms with E-state index in [4.69, 9.17) is 27.9 Å². The molecule has 2 rings (SSSR count). The van der Waals surface area contributed by atoms with Crippen molar-refractivity contribution in [1.82, 2.24) is 0 Å². The van der Waals surface area contributed by atoms with Crippen LogP contribution in [0.2, 0.25) is 10.0 Å². The van der Waals surface area contributed by atoms with Crippen LogP contribution >= 0.6 is 23.2 Å². The molecule has 25 heavy (non-hydrogen) atoms. The van der Waals surface area contributed by atoms with Crippen LogP contribution in [-0.4, -0.2) is 26.7 Å². The van der Waals surface area contributed by atoms with Crippen molar-refractivity contribution in [3.05, 3.63) is 52.0 Å². The van der Waals surface area contributed by atoms with Crippen LogP contribution in [-0.2, 0) is 14.6 Å². The van der Waals surface area contributed by atoms with E-state index >= 15 is 0 Å².